The summed E-state index contributed by atoms with van der Waals surface area (Å²) in [7, 11) is 0. The van der Waals surface area contributed by atoms with Crippen LogP contribution in [0.2, 0.25) is 0 Å². The summed E-state index contributed by atoms with van der Waals surface area (Å²) >= 11 is 1.72. The predicted molar refractivity (Wildman–Crippen MR) is 73.4 cm³/mol. The Labute approximate surface area is 106 Å². The highest BCUT2D eigenvalue weighted by atomic mass is 32.1. The highest BCUT2D eigenvalue weighted by Gasteiger charge is 2.24. The van der Waals surface area contributed by atoms with Crippen LogP contribution < -0.4 is 5.73 Å². The summed E-state index contributed by atoms with van der Waals surface area (Å²) in [5.41, 5.74) is 10.4. The minimum absolute atomic E-state index is 0.0399. The Balaban J connectivity index is 1.96. The van der Waals surface area contributed by atoms with Gasteiger partial charge < -0.3 is 5.73 Å². The van der Waals surface area contributed by atoms with Gasteiger partial charge in [-0.1, -0.05) is 30.7 Å². The molecule has 88 valence electrons. The number of nitrogens with two attached hydrogens (primary N) is 1. The molecule has 1 nitrogen and oxygen atoms in total. The van der Waals surface area contributed by atoms with Gasteiger partial charge in [0.2, 0.25) is 0 Å². The molecule has 2 N–H and O–H groups in total. The van der Waals surface area contributed by atoms with Gasteiger partial charge in [0.05, 0.1) is 6.04 Å². The number of benzene rings is 1. The molecule has 17 heavy (non-hydrogen) atoms. The van der Waals surface area contributed by atoms with Gasteiger partial charge in [-0.05, 0) is 52.3 Å². The fraction of sp³-hybridized carbons (Fsp3) is 0.333. The van der Waals surface area contributed by atoms with Crippen molar-refractivity contribution in [1.29, 1.82) is 0 Å². The summed E-state index contributed by atoms with van der Waals surface area (Å²) in [5.74, 6) is 0.746. The van der Waals surface area contributed by atoms with Crippen molar-refractivity contribution >= 4 is 11.3 Å². The third-order valence-electron chi connectivity index (χ3n) is 3.78. The van der Waals surface area contributed by atoms with E-state index in [0.717, 1.165) is 5.92 Å². The van der Waals surface area contributed by atoms with Crippen LogP contribution in [-0.2, 0) is 0 Å². The molecule has 0 spiro atoms. The van der Waals surface area contributed by atoms with E-state index in [4.69, 9.17) is 5.73 Å². The van der Waals surface area contributed by atoms with Crippen molar-refractivity contribution in [1.82, 2.24) is 0 Å². The van der Waals surface area contributed by atoms with Crippen molar-refractivity contribution < 1.29 is 0 Å². The molecule has 0 bridgehead atoms. The van der Waals surface area contributed by atoms with Gasteiger partial charge in [0.25, 0.3) is 0 Å². The molecule has 2 heteroatoms. The maximum absolute atomic E-state index is 6.38. The van der Waals surface area contributed by atoms with Crippen LogP contribution in [0, 0.1) is 0 Å². The van der Waals surface area contributed by atoms with Gasteiger partial charge in [-0.2, -0.15) is 11.3 Å². The summed E-state index contributed by atoms with van der Waals surface area (Å²) in [6.45, 7) is 0. The third kappa shape index (κ3) is 2.03. The minimum atomic E-state index is 0.0399. The topological polar surface area (TPSA) is 26.0 Å². The summed E-state index contributed by atoms with van der Waals surface area (Å²) in [4.78, 5) is 0. The molecule has 3 rings (SSSR count). The number of rotatable bonds is 3. The van der Waals surface area contributed by atoms with E-state index in [1.807, 2.05) is 0 Å². The SMILES string of the molecule is NC(c1ccsc1)c1ccccc1C1CCC1. The molecule has 1 aromatic carbocycles. The standard InChI is InChI=1S/C15H17NS/c16-15(12-8-9-17-10-12)14-7-2-1-6-13(14)11-4-3-5-11/h1-2,6-11,15H,3-5,16H2. The van der Waals surface area contributed by atoms with E-state index >= 15 is 0 Å². The van der Waals surface area contributed by atoms with Crippen LogP contribution in [-0.4, -0.2) is 0 Å². The van der Waals surface area contributed by atoms with Crippen molar-refractivity contribution in [3.05, 3.63) is 57.8 Å². The van der Waals surface area contributed by atoms with Gasteiger partial charge in [0, 0.05) is 0 Å². The fourth-order valence-electron chi connectivity index (χ4n) is 2.52. The normalized spacial score (nSPS) is 17.7. The van der Waals surface area contributed by atoms with Crippen LogP contribution in [0.5, 0.6) is 0 Å². The first-order valence-electron chi connectivity index (χ1n) is 6.23. The van der Waals surface area contributed by atoms with E-state index in [2.05, 4.69) is 41.1 Å². The lowest BCUT2D eigenvalue weighted by Gasteiger charge is -2.29. The first-order chi connectivity index (χ1) is 8.36. The van der Waals surface area contributed by atoms with Crippen LogP contribution >= 0.6 is 11.3 Å². The van der Waals surface area contributed by atoms with Crippen molar-refractivity contribution in [2.45, 2.75) is 31.2 Å². The Kier molecular flexibility index (Phi) is 3.00. The van der Waals surface area contributed by atoms with Crippen LogP contribution in [0.15, 0.2) is 41.1 Å². The Morgan fingerprint density at radius 1 is 1.18 bits per heavy atom. The highest BCUT2D eigenvalue weighted by Crippen LogP contribution is 2.40. The molecule has 1 fully saturated rings. The van der Waals surface area contributed by atoms with Gasteiger partial charge in [-0.3, -0.25) is 0 Å². The lowest BCUT2D eigenvalue weighted by atomic mass is 9.77. The lowest BCUT2D eigenvalue weighted by molar-refractivity contribution is 0.416. The molecular weight excluding hydrogens is 226 g/mol. The maximum Gasteiger partial charge on any atom is 0.0562 e. The largest absolute Gasteiger partial charge is 0.320 e. The monoisotopic (exact) mass is 243 g/mol. The summed E-state index contributed by atoms with van der Waals surface area (Å²) in [6.07, 6.45) is 4.02. The summed E-state index contributed by atoms with van der Waals surface area (Å²) in [6, 6.07) is 10.9. The molecular formula is C15H17NS. The summed E-state index contributed by atoms with van der Waals surface area (Å²) < 4.78 is 0. The third-order valence-corrected chi connectivity index (χ3v) is 4.48. The van der Waals surface area contributed by atoms with Crippen molar-refractivity contribution in [3.8, 4) is 0 Å². The molecule has 1 aliphatic rings. The second-order valence-corrected chi connectivity index (χ2v) is 5.57. The number of hydrogen-bond acceptors (Lipinski definition) is 2. The van der Waals surface area contributed by atoms with Crippen molar-refractivity contribution in [2.75, 3.05) is 0 Å². The van der Waals surface area contributed by atoms with Gasteiger partial charge >= 0.3 is 0 Å². The van der Waals surface area contributed by atoms with E-state index in [-0.39, 0.29) is 6.04 Å². The van der Waals surface area contributed by atoms with E-state index in [1.54, 1.807) is 11.3 Å². The van der Waals surface area contributed by atoms with Gasteiger partial charge in [0.1, 0.15) is 0 Å². The Morgan fingerprint density at radius 2 is 2.00 bits per heavy atom. The zero-order chi connectivity index (χ0) is 11.7. The smallest absolute Gasteiger partial charge is 0.0562 e. The maximum atomic E-state index is 6.38. The van der Waals surface area contributed by atoms with Crippen LogP contribution in [0.1, 0.15) is 47.9 Å². The molecule has 0 saturated heterocycles. The molecule has 0 amide bonds. The fourth-order valence-corrected chi connectivity index (χ4v) is 3.21. The zero-order valence-corrected chi connectivity index (χ0v) is 10.6. The molecule has 0 aliphatic heterocycles. The minimum Gasteiger partial charge on any atom is -0.320 e. The quantitative estimate of drug-likeness (QED) is 0.864. The Hall–Kier alpha value is -1.12. The molecule has 2 aromatic rings. The van der Waals surface area contributed by atoms with E-state index in [0.29, 0.717) is 0 Å². The number of hydrogen-bond donors (Lipinski definition) is 1. The van der Waals surface area contributed by atoms with Crippen molar-refractivity contribution in [3.63, 3.8) is 0 Å². The van der Waals surface area contributed by atoms with Crippen LogP contribution in [0.25, 0.3) is 0 Å². The average molecular weight is 243 g/mol. The molecule has 1 atom stereocenters. The first-order valence-corrected chi connectivity index (χ1v) is 7.17. The number of thiophene rings is 1. The van der Waals surface area contributed by atoms with Gasteiger partial charge in [0.15, 0.2) is 0 Å². The Morgan fingerprint density at radius 3 is 2.65 bits per heavy atom. The van der Waals surface area contributed by atoms with Crippen LogP contribution in [0.4, 0.5) is 0 Å². The molecule has 1 aromatic heterocycles. The van der Waals surface area contributed by atoms with Crippen molar-refractivity contribution in [2.24, 2.45) is 5.73 Å². The van der Waals surface area contributed by atoms with E-state index in [1.165, 1.54) is 36.0 Å². The second-order valence-electron chi connectivity index (χ2n) is 4.79. The van der Waals surface area contributed by atoms with E-state index in [9.17, 15) is 0 Å². The average Bonchev–Trinajstić information content (AvgIpc) is 2.80. The molecule has 0 radical (unpaired) electrons. The molecule has 1 unspecified atom stereocenters. The molecule has 1 heterocycles. The highest BCUT2D eigenvalue weighted by molar-refractivity contribution is 7.08. The Bertz CT molecular complexity index is 485. The van der Waals surface area contributed by atoms with Gasteiger partial charge in [-0.15, -0.1) is 0 Å². The second kappa shape index (κ2) is 4.63. The zero-order valence-electron chi connectivity index (χ0n) is 9.80. The summed E-state index contributed by atoms with van der Waals surface area (Å²) in [5, 5.41) is 4.25. The van der Waals surface area contributed by atoms with E-state index < -0.39 is 0 Å². The first kappa shape index (κ1) is 11.0. The predicted octanol–water partition coefficient (Wildman–Crippen LogP) is 4.06. The van der Waals surface area contributed by atoms with Crippen LogP contribution in [0.3, 0.4) is 0 Å². The lowest BCUT2D eigenvalue weighted by Crippen LogP contribution is -2.17. The molecule has 1 aliphatic carbocycles. The van der Waals surface area contributed by atoms with Gasteiger partial charge in [-0.25, -0.2) is 0 Å². The molecule has 1 saturated carbocycles.